The molecule has 0 aromatic heterocycles. The van der Waals surface area contributed by atoms with Crippen molar-refractivity contribution in [1.29, 1.82) is 0 Å². The van der Waals surface area contributed by atoms with Crippen LogP contribution in [0.2, 0.25) is 0 Å². The number of hydrogen-bond acceptors (Lipinski definition) is 4. The number of aliphatic hydroxyl groups excluding tert-OH is 1. The molecule has 5 heteroatoms. The van der Waals surface area contributed by atoms with E-state index >= 15 is 0 Å². The number of methoxy groups -OCH3 is 1. The van der Waals surface area contributed by atoms with Crippen LogP contribution < -0.4 is 9.64 Å². The van der Waals surface area contributed by atoms with Gasteiger partial charge in [0.05, 0.1) is 24.4 Å². The van der Waals surface area contributed by atoms with Crippen LogP contribution in [0.1, 0.15) is 30.5 Å². The maximum Gasteiger partial charge on any atom is 0.294 e. The van der Waals surface area contributed by atoms with Gasteiger partial charge in [-0.05, 0) is 24.6 Å². The number of benzene rings is 2. The lowest BCUT2D eigenvalue weighted by atomic mass is 9.94. The molecule has 1 heterocycles. The van der Waals surface area contributed by atoms with Gasteiger partial charge in [0.15, 0.2) is 11.5 Å². The number of Topliss-reactive ketones (excluding diaryl/α,β-unsaturated/α-hetero) is 1. The molecule has 134 valence electrons. The molecule has 0 spiro atoms. The lowest BCUT2D eigenvalue weighted by Gasteiger charge is -2.28. The van der Waals surface area contributed by atoms with Crippen molar-refractivity contribution in [3.05, 3.63) is 71.0 Å². The van der Waals surface area contributed by atoms with E-state index in [9.17, 15) is 14.7 Å². The fourth-order valence-electron chi connectivity index (χ4n) is 3.31. The van der Waals surface area contributed by atoms with Crippen LogP contribution in [0.15, 0.2) is 59.9 Å². The Kier molecular flexibility index (Phi) is 4.80. The van der Waals surface area contributed by atoms with Crippen LogP contribution >= 0.6 is 0 Å². The topological polar surface area (TPSA) is 66.8 Å². The van der Waals surface area contributed by atoms with Crippen molar-refractivity contribution in [3.63, 3.8) is 0 Å². The summed E-state index contributed by atoms with van der Waals surface area (Å²) in [4.78, 5) is 26.9. The highest BCUT2D eigenvalue weighted by Gasteiger charge is 2.44. The molecule has 3 rings (SSSR count). The zero-order valence-corrected chi connectivity index (χ0v) is 15.0. The zero-order valence-electron chi connectivity index (χ0n) is 15.0. The van der Waals surface area contributed by atoms with Crippen molar-refractivity contribution in [3.8, 4) is 5.75 Å². The predicted octanol–water partition coefficient (Wildman–Crippen LogP) is 3.88. The largest absolute Gasteiger partial charge is 0.503 e. The van der Waals surface area contributed by atoms with Crippen LogP contribution in [0.25, 0.3) is 0 Å². The number of carbonyl (C=O) groups excluding carboxylic acids is 2. The van der Waals surface area contributed by atoms with Crippen molar-refractivity contribution < 1.29 is 19.4 Å². The minimum atomic E-state index is -0.689. The first-order chi connectivity index (χ1) is 12.5. The average Bonchev–Trinajstić information content (AvgIpc) is 2.92. The molecule has 1 amide bonds. The second-order valence-electron chi connectivity index (χ2n) is 6.20. The van der Waals surface area contributed by atoms with Gasteiger partial charge in [-0.25, -0.2) is 0 Å². The monoisotopic (exact) mass is 351 g/mol. The Morgan fingerprint density at radius 1 is 1.19 bits per heavy atom. The number of ketones is 1. The molecule has 2 aromatic rings. The van der Waals surface area contributed by atoms with Crippen LogP contribution in [0.4, 0.5) is 5.69 Å². The molecule has 0 saturated heterocycles. The van der Waals surface area contributed by atoms with Gasteiger partial charge in [0.1, 0.15) is 5.75 Å². The fraction of sp³-hybridized carbons (Fsp3) is 0.238. The van der Waals surface area contributed by atoms with Gasteiger partial charge in [-0.3, -0.25) is 14.5 Å². The molecular formula is C21H21NO4. The first kappa shape index (κ1) is 17.7. The van der Waals surface area contributed by atoms with E-state index in [1.165, 1.54) is 12.0 Å². The Morgan fingerprint density at radius 3 is 2.58 bits per heavy atom. The summed E-state index contributed by atoms with van der Waals surface area (Å²) in [5.41, 5.74) is 2.42. The van der Waals surface area contributed by atoms with Crippen molar-refractivity contribution in [2.45, 2.75) is 26.3 Å². The van der Waals surface area contributed by atoms with Crippen LogP contribution in [-0.4, -0.2) is 23.9 Å². The predicted molar refractivity (Wildman–Crippen MR) is 99.4 cm³/mol. The minimum Gasteiger partial charge on any atom is -0.503 e. The molecule has 1 unspecified atom stereocenters. The molecule has 0 radical (unpaired) electrons. The highest BCUT2D eigenvalue weighted by molar-refractivity contribution is 6.16. The van der Waals surface area contributed by atoms with Gasteiger partial charge in [-0.1, -0.05) is 48.9 Å². The van der Waals surface area contributed by atoms with Gasteiger partial charge in [-0.2, -0.15) is 0 Å². The second-order valence-corrected chi connectivity index (χ2v) is 6.20. The lowest BCUT2D eigenvalue weighted by Crippen LogP contribution is -2.31. The van der Waals surface area contributed by atoms with Gasteiger partial charge in [0.2, 0.25) is 0 Å². The SMILES string of the molecule is CCC(=O)C1=C(O)C(=O)N(c2ccccc2OC)C1c1cccc(C)c1. The number of aliphatic hydroxyl groups is 1. The summed E-state index contributed by atoms with van der Waals surface area (Å²) >= 11 is 0. The number of carbonyl (C=O) groups is 2. The number of para-hydroxylation sites is 2. The van der Waals surface area contributed by atoms with E-state index in [0.29, 0.717) is 11.4 Å². The average molecular weight is 351 g/mol. The van der Waals surface area contributed by atoms with E-state index in [0.717, 1.165) is 11.1 Å². The van der Waals surface area contributed by atoms with E-state index in [-0.39, 0.29) is 17.8 Å². The molecule has 0 fully saturated rings. The Labute approximate surface area is 152 Å². The van der Waals surface area contributed by atoms with E-state index in [2.05, 4.69) is 0 Å². The number of anilines is 1. The van der Waals surface area contributed by atoms with Crippen molar-refractivity contribution >= 4 is 17.4 Å². The number of rotatable bonds is 5. The van der Waals surface area contributed by atoms with E-state index in [1.54, 1.807) is 31.2 Å². The van der Waals surface area contributed by atoms with Crippen molar-refractivity contribution in [2.24, 2.45) is 0 Å². The maximum atomic E-state index is 12.9. The fourth-order valence-corrected chi connectivity index (χ4v) is 3.31. The molecule has 26 heavy (non-hydrogen) atoms. The Bertz CT molecular complexity index is 900. The van der Waals surface area contributed by atoms with Gasteiger partial charge in [0, 0.05) is 6.42 Å². The highest BCUT2D eigenvalue weighted by atomic mass is 16.5. The summed E-state index contributed by atoms with van der Waals surface area (Å²) in [7, 11) is 1.52. The van der Waals surface area contributed by atoms with E-state index in [1.807, 2.05) is 31.2 Å². The second kappa shape index (κ2) is 7.04. The summed E-state index contributed by atoms with van der Waals surface area (Å²) < 4.78 is 5.39. The zero-order chi connectivity index (χ0) is 18.8. The number of aryl methyl sites for hydroxylation is 1. The number of hydrogen-bond donors (Lipinski definition) is 1. The highest BCUT2D eigenvalue weighted by Crippen LogP contribution is 2.44. The third-order valence-electron chi connectivity index (χ3n) is 4.53. The molecule has 0 aliphatic carbocycles. The quantitative estimate of drug-likeness (QED) is 0.888. The molecule has 0 bridgehead atoms. The number of ether oxygens (including phenoxy) is 1. The molecule has 1 aliphatic heterocycles. The number of nitrogens with zero attached hydrogens (tertiary/aromatic N) is 1. The van der Waals surface area contributed by atoms with Gasteiger partial charge < -0.3 is 9.84 Å². The maximum absolute atomic E-state index is 12.9. The summed E-state index contributed by atoms with van der Waals surface area (Å²) in [6.07, 6.45) is 0.203. The summed E-state index contributed by atoms with van der Waals surface area (Å²) in [6.45, 7) is 3.66. The normalized spacial score (nSPS) is 17.0. The summed E-state index contributed by atoms with van der Waals surface area (Å²) in [5, 5.41) is 10.5. The molecule has 1 aliphatic rings. The number of amides is 1. The van der Waals surface area contributed by atoms with E-state index < -0.39 is 17.7 Å². The van der Waals surface area contributed by atoms with Gasteiger partial charge in [0.25, 0.3) is 5.91 Å². The Morgan fingerprint density at radius 2 is 1.92 bits per heavy atom. The summed E-state index contributed by atoms with van der Waals surface area (Å²) in [6, 6.07) is 14.0. The van der Waals surface area contributed by atoms with Gasteiger partial charge in [-0.15, -0.1) is 0 Å². The minimum absolute atomic E-state index is 0.133. The van der Waals surface area contributed by atoms with Crippen LogP contribution in [0.3, 0.4) is 0 Å². The van der Waals surface area contributed by atoms with Gasteiger partial charge >= 0.3 is 0 Å². The standard InChI is InChI=1S/C21H21NO4/c1-4-16(23)18-19(14-9-7-8-13(2)12-14)22(21(25)20(18)24)15-10-5-6-11-17(15)26-3/h5-12,19,24H,4H2,1-3H3. The molecule has 2 aromatic carbocycles. The molecular weight excluding hydrogens is 330 g/mol. The smallest absolute Gasteiger partial charge is 0.294 e. The summed E-state index contributed by atoms with van der Waals surface area (Å²) in [5.74, 6) is -0.844. The Balaban J connectivity index is 2.23. The van der Waals surface area contributed by atoms with Crippen LogP contribution in [-0.2, 0) is 9.59 Å². The van der Waals surface area contributed by atoms with E-state index in [4.69, 9.17) is 4.74 Å². The molecule has 1 atom stereocenters. The van der Waals surface area contributed by atoms with Crippen molar-refractivity contribution in [2.75, 3.05) is 12.0 Å². The Hall–Kier alpha value is -3.08. The lowest BCUT2D eigenvalue weighted by molar-refractivity contribution is -0.118. The molecule has 5 nitrogen and oxygen atoms in total. The molecule has 1 N–H and O–H groups in total. The van der Waals surface area contributed by atoms with Crippen LogP contribution in [0.5, 0.6) is 5.75 Å². The third kappa shape index (κ3) is 2.86. The molecule has 0 saturated carbocycles. The third-order valence-corrected chi connectivity index (χ3v) is 4.53. The first-order valence-electron chi connectivity index (χ1n) is 8.49. The first-order valence-corrected chi connectivity index (χ1v) is 8.49. The van der Waals surface area contributed by atoms with Crippen molar-refractivity contribution in [1.82, 2.24) is 0 Å². The van der Waals surface area contributed by atoms with Crippen LogP contribution in [0, 0.1) is 6.92 Å².